The molecular weight excluding hydrogens is 414 g/mol. The van der Waals surface area contributed by atoms with Gasteiger partial charge in [-0.15, -0.1) is 0 Å². The summed E-state index contributed by atoms with van der Waals surface area (Å²) in [6.07, 6.45) is 12.2. The zero-order valence-corrected chi connectivity index (χ0v) is 21.3. The molecule has 5 heteroatoms. The molecule has 0 saturated heterocycles. The average Bonchev–Trinajstić information content (AvgIpc) is 3.13. The van der Waals surface area contributed by atoms with Crippen LogP contribution in [0.2, 0.25) is 0 Å². The minimum absolute atomic E-state index is 0.0908. The molecule has 3 N–H and O–H groups in total. The highest BCUT2D eigenvalue weighted by Crippen LogP contribution is 2.69. The van der Waals surface area contributed by atoms with Gasteiger partial charge in [0.25, 0.3) is 0 Å². The SMILES string of the molecule is CCC1CC2C3CCC(C(C)CCC(=O)NCC(=O)O)C3(C)CCC2C2(C)CCC(O)CC12. The normalized spacial score (nSPS) is 45.4. The third-order valence-corrected chi connectivity index (χ3v) is 11.4. The highest BCUT2D eigenvalue weighted by molar-refractivity contribution is 5.81. The summed E-state index contributed by atoms with van der Waals surface area (Å²) >= 11 is 0. The Hall–Kier alpha value is -1.10. The number of hydrogen-bond acceptors (Lipinski definition) is 3. The number of aliphatic hydroxyl groups excluding tert-OH is 1. The van der Waals surface area contributed by atoms with Crippen LogP contribution in [0.1, 0.15) is 98.3 Å². The van der Waals surface area contributed by atoms with E-state index in [0.717, 1.165) is 42.9 Å². The van der Waals surface area contributed by atoms with Crippen molar-refractivity contribution in [3.05, 3.63) is 0 Å². The number of carbonyl (C=O) groups excluding carboxylic acids is 1. The number of carbonyl (C=O) groups is 2. The van der Waals surface area contributed by atoms with Gasteiger partial charge in [0.05, 0.1) is 6.10 Å². The summed E-state index contributed by atoms with van der Waals surface area (Å²) in [6, 6.07) is 0. The Balaban J connectivity index is 1.45. The van der Waals surface area contributed by atoms with Crippen molar-refractivity contribution >= 4 is 11.9 Å². The van der Waals surface area contributed by atoms with Crippen molar-refractivity contribution in [2.24, 2.45) is 52.3 Å². The van der Waals surface area contributed by atoms with Crippen molar-refractivity contribution in [1.82, 2.24) is 5.32 Å². The summed E-state index contributed by atoms with van der Waals surface area (Å²) in [7, 11) is 0. The van der Waals surface area contributed by atoms with E-state index in [2.05, 4.69) is 33.0 Å². The number of amides is 1. The molecular formula is C28H47NO4. The van der Waals surface area contributed by atoms with Crippen molar-refractivity contribution in [3.63, 3.8) is 0 Å². The average molecular weight is 462 g/mol. The summed E-state index contributed by atoms with van der Waals surface area (Å²) in [6.45, 7) is 9.55. The predicted molar refractivity (Wildman–Crippen MR) is 129 cm³/mol. The van der Waals surface area contributed by atoms with E-state index in [1.807, 2.05) is 0 Å². The Morgan fingerprint density at radius 3 is 2.39 bits per heavy atom. The third-order valence-electron chi connectivity index (χ3n) is 11.4. The minimum atomic E-state index is -0.986. The van der Waals surface area contributed by atoms with E-state index in [9.17, 15) is 14.7 Å². The molecule has 33 heavy (non-hydrogen) atoms. The maximum absolute atomic E-state index is 12.1. The smallest absolute Gasteiger partial charge is 0.322 e. The van der Waals surface area contributed by atoms with E-state index in [-0.39, 0.29) is 18.6 Å². The summed E-state index contributed by atoms with van der Waals surface area (Å²) in [5, 5.41) is 21.8. The minimum Gasteiger partial charge on any atom is -0.480 e. The molecule has 4 rings (SSSR count). The molecule has 0 bridgehead atoms. The highest BCUT2D eigenvalue weighted by Gasteiger charge is 2.62. The lowest BCUT2D eigenvalue weighted by molar-refractivity contribution is -0.152. The van der Waals surface area contributed by atoms with Crippen LogP contribution in [0.3, 0.4) is 0 Å². The molecule has 4 fully saturated rings. The summed E-state index contributed by atoms with van der Waals surface area (Å²) in [4.78, 5) is 22.8. The first-order chi connectivity index (χ1) is 15.6. The van der Waals surface area contributed by atoms with Gasteiger partial charge in [0, 0.05) is 6.42 Å². The van der Waals surface area contributed by atoms with Crippen LogP contribution < -0.4 is 5.32 Å². The number of carboxylic acid groups (broad SMARTS) is 1. The summed E-state index contributed by atoms with van der Waals surface area (Å²) < 4.78 is 0. The summed E-state index contributed by atoms with van der Waals surface area (Å²) in [5.74, 6) is 3.90. The Morgan fingerprint density at radius 1 is 1.00 bits per heavy atom. The first-order valence-electron chi connectivity index (χ1n) is 13.8. The van der Waals surface area contributed by atoms with E-state index in [1.165, 1.54) is 44.9 Å². The third kappa shape index (κ3) is 4.48. The van der Waals surface area contributed by atoms with Crippen LogP contribution >= 0.6 is 0 Å². The Labute approximate surface area is 200 Å². The van der Waals surface area contributed by atoms with Crippen LogP contribution in [0.4, 0.5) is 0 Å². The Kier molecular flexibility index (Phi) is 7.21. The fraction of sp³-hybridized carbons (Fsp3) is 0.929. The lowest BCUT2D eigenvalue weighted by Gasteiger charge is -2.63. The number of hydrogen-bond donors (Lipinski definition) is 3. The second-order valence-electron chi connectivity index (χ2n) is 12.7. The molecule has 5 nitrogen and oxygen atoms in total. The van der Waals surface area contributed by atoms with Crippen molar-refractivity contribution in [1.29, 1.82) is 0 Å². The Bertz CT molecular complexity index is 739. The summed E-state index contributed by atoms with van der Waals surface area (Å²) in [5.41, 5.74) is 0.768. The van der Waals surface area contributed by atoms with Gasteiger partial charge in [0.15, 0.2) is 0 Å². The van der Waals surface area contributed by atoms with Crippen LogP contribution in [0, 0.1) is 52.3 Å². The molecule has 4 aliphatic rings. The molecule has 10 unspecified atom stereocenters. The van der Waals surface area contributed by atoms with E-state index in [4.69, 9.17) is 5.11 Å². The second-order valence-corrected chi connectivity index (χ2v) is 12.7. The van der Waals surface area contributed by atoms with Gasteiger partial charge in [-0.05, 0) is 110 Å². The second kappa shape index (κ2) is 9.51. The monoisotopic (exact) mass is 461 g/mol. The van der Waals surface area contributed by atoms with E-state index >= 15 is 0 Å². The van der Waals surface area contributed by atoms with E-state index < -0.39 is 5.97 Å². The molecule has 0 heterocycles. The van der Waals surface area contributed by atoms with Crippen LogP contribution in [-0.2, 0) is 9.59 Å². The lowest BCUT2D eigenvalue weighted by Crippen LogP contribution is -2.56. The van der Waals surface area contributed by atoms with E-state index in [0.29, 0.717) is 35.0 Å². The van der Waals surface area contributed by atoms with Crippen molar-refractivity contribution in [2.75, 3.05) is 6.54 Å². The number of carboxylic acids is 1. The largest absolute Gasteiger partial charge is 0.480 e. The van der Waals surface area contributed by atoms with Gasteiger partial charge in [0.1, 0.15) is 6.54 Å². The zero-order chi connectivity index (χ0) is 24.0. The molecule has 10 atom stereocenters. The van der Waals surface area contributed by atoms with Crippen LogP contribution in [0.15, 0.2) is 0 Å². The van der Waals surface area contributed by atoms with Crippen LogP contribution in [-0.4, -0.2) is 34.7 Å². The fourth-order valence-corrected chi connectivity index (χ4v) is 9.73. The number of aliphatic hydroxyl groups is 1. The standard InChI is InChI=1S/C28H47NO4/c1-5-18-14-20-22-8-7-21(17(2)6-9-25(31)29-16-26(32)33)27(22,3)13-11-23(20)28(4)12-10-19(30)15-24(18)28/h17-24,30H,5-16H2,1-4H3,(H,29,31)(H,32,33). The molecule has 0 radical (unpaired) electrons. The van der Waals surface area contributed by atoms with Gasteiger partial charge in [-0.25, -0.2) is 0 Å². The number of aliphatic carboxylic acids is 1. The zero-order valence-electron chi connectivity index (χ0n) is 21.3. The quantitative estimate of drug-likeness (QED) is 0.483. The first kappa shape index (κ1) is 25.0. The van der Waals surface area contributed by atoms with E-state index in [1.54, 1.807) is 0 Å². The molecule has 0 aromatic rings. The maximum atomic E-state index is 12.1. The molecule has 4 saturated carbocycles. The molecule has 0 aromatic heterocycles. The van der Waals surface area contributed by atoms with Crippen molar-refractivity contribution in [3.8, 4) is 0 Å². The fourth-order valence-electron chi connectivity index (χ4n) is 9.73. The van der Waals surface area contributed by atoms with Gasteiger partial charge < -0.3 is 15.5 Å². The molecule has 0 aliphatic heterocycles. The molecule has 1 amide bonds. The van der Waals surface area contributed by atoms with Crippen molar-refractivity contribution in [2.45, 2.75) is 104 Å². The number of rotatable bonds is 7. The number of nitrogens with one attached hydrogen (secondary N) is 1. The van der Waals surface area contributed by atoms with Gasteiger partial charge in [-0.3, -0.25) is 9.59 Å². The lowest BCUT2D eigenvalue weighted by atomic mass is 9.42. The van der Waals surface area contributed by atoms with Gasteiger partial charge >= 0.3 is 5.97 Å². The Morgan fingerprint density at radius 2 is 1.70 bits per heavy atom. The van der Waals surface area contributed by atoms with Gasteiger partial charge in [-0.2, -0.15) is 0 Å². The van der Waals surface area contributed by atoms with Crippen LogP contribution in [0.5, 0.6) is 0 Å². The maximum Gasteiger partial charge on any atom is 0.322 e. The number of fused-ring (bicyclic) bond motifs is 5. The van der Waals surface area contributed by atoms with Gasteiger partial charge in [-0.1, -0.05) is 34.1 Å². The van der Waals surface area contributed by atoms with Gasteiger partial charge in [0.2, 0.25) is 5.91 Å². The van der Waals surface area contributed by atoms with Crippen molar-refractivity contribution < 1.29 is 19.8 Å². The molecule has 0 aromatic carbocycles. The first-order valence-corrected chi connectivity index (χ1v) is 13.8. The highest BCUT2D eigenvalue weighted by atomic mass is 16.4. The predicted octanol–water partition coefficient (Wildman–Crippen LogP) is 5.26. The van der Waals surface area contributed by atoms with Crippen LogP contribution in [0.25, 0.3) is 0 Å². The molecule has 188 valence electrons. The molecule has 0 spiro atoms. The molecule has 4 aliphatic carbocycles. The topological polar surface area (TPSA) is 86.6 Å².